The van der Waals surface area contributed by atoms with E-state index in [1.54, 1.807) is 11.8 Å². The first-order chi connectivity index (χ1) is 9.79. The van der Waals surface area contributed by atoms with Crippen LogP contribution in [0.2, 0.25) is 0 Å². The molecule has 8 heteroatoms. The van der Waals surface area contributed by atoms with Crippen LogP contribution in [-0.2, 0) is 14.8 Å². The molecule has 1 unspecified atom stereocenters. The average Bonchev–Trinajstić information content (AvgIpc) is 2.73. The van der Waals surface area contributed by atoms with E-state index in [0.29, 0.717) is 13.0 Å². The lowest BCUT2D eigenvalue weighted by atomic mass is 10.3. The monoisotopic (exact) mass is 315 g/mol. The van der Waals surface area contributed by atoms with Gasteiger partial charge in [-0.15, -0.1) is 0 Å². The molecule has 1 aromatic rings. The van der Waals surface area contributed by atoms with E-state index in [2.05, 4.69) is 4.72 Å². The van der Waals surface area contributed by atoms with Gasteiger partial charge in [0.1, 0.15) is 10.7 Å². The molecular formula is C13H18FN3O3S. The Bertz CT molecular complexity index is 648. The van der Waals surface area contributed by atoms with E-state index in [9.17, 15) is 17.6 Å². The normalized spacial score (nSPS) is 17.2. The Balaban J connectivity index is 2.08. The summed E-state index contributed by atoms with van der Waals surface area (Å²) >= 11 is 0. The van der Waals surface area contributed by atoms with E-state index < -0.39 is 26.8 Å². The summed E-state index contributed by atoms with van der Waals surface area (Å²) in [6.07, 6.45) is 1.27. The van der Waals surface area contributed by atoms with Gasteiger partial charge in [0.25, 0.3) is 0 Å². The summed E-state index contributed by atoms with van der Waals surface area (Å²) in [6, 6.07) is 2.91. The Kier molecular flexibility index (Phi) is 4.48. The molecule has 21 heavy (non-hydrogen) atoms. The zero-order valence-electron chi connectivity index (χ0n) is 11.7. The van der Waals surface area contributed by atoms with Gasteiger partial charge in [-0.2, -0.15) is 0 Å². The topological polar surface area (TPSA) is 92.5 Å². The molecule has 3 N–H and O–H groups in total. The summed E-state index contributed by atoms with van der Waals surface area (Å²) in [5, 5.41) is 0. The standard InChI is InChI=1S/C13H18FN3O3S/c1-9(8-17-6-2-3-13(17)18)16-21(19,20)12-5-4-10(15)7-11(12)14/h4-5,7,9,16H,2-3,6,8,15H2,1H3. The predicted octanol–water partition coefficient (Wildman–Crippen LogP) is 0.697. The SMILES string of the molecule is CC(CN1CCCC1=O)NS(=O)(=O)c1ccc(N)cc1F. The lowest BCUT2D eigenvalue weighted by molar-refractivity contribution is -0.127. The Morgan fingerprint density at radius 2 is 2.19 bits per heavy atom. The number of nitrogens with zero attached hydrogens (tertiary/aromatic N) is 1. The van der Waals surface area contributed by atoms with Gasteiger partial charge in [-0.05, 0) is 31.5 Å². The van der Waals surface area contributed by atoms with E-state index in [0.717, 1.165) is 18.6 Å². The number of amides is 1. The Hall–Kier alpha value is -1.67. The molecule has 1 aliphatic heterocycles. The van der Waals surface area contributed by atoms with Crippen LogP contribution in [0, 0.1) is 5.82 Å². The smallest absolute Gasteiger partial charge is 0.243 e. The first-order valence-corrected chi connectivity index (χ1v) is 8.13. The highest BCUT2D eigenvalue weighted by atomic mass is 32.2. The number of rotatable bonds is 5. The second kappa shape index (κ2) is 5.98. The van der Waals surface area contributed by atoms with Gasteiger partial charge in [0, 0.05) is 31.2 Å². The van der Waals surface area contributed by atoms with Crippen LogP contribution in [-0.4, -0.2) is 38.4 Å². The van der Waals surface area contributed by atoms with Crippen molar-refractivity contribution in [1.82, 2.24) is 9.62 Å². The molecule has 116 valence electrons. The molecule has 1 atom stereocenters. The average molecular weight is 315 g/mol. The zero-order valence-corrected chi connectivity index (χ0v) is 12.5. The second-order valence-electron chi connectivity index (χ2n) is 5.16. The summed E-state index contributed by atoms with van der Waals surface area (Å²) < 4.78 is 40.3. The molecule has 1 heterocycles. The number of anilines is 1. The number of benzene rings is 1. The number of likely N-dealkylation sites (tertiary alicyclic amines) is 1. The Morgan fingerprint density at radius 3 is 2.76 bits per heavy atom. The van der Waals surface area contributed by atoms with Crippen molar-refractivity contribution in [2.45, 2.75) is 30.7 Å². The van der Waals surface area contributed by atoms with Gasteiger partial charge >= 0.3 is 0 Å². The quantitative estimate of drug-likeness (QED) is 0.782. The summed E-state index contributed by atoms with van der Waals surface area (Å²) in [7, 11) is -3.98. The molecule has 6 nitrogen and oxygen atoms in total. The van der Waals surface area contributed by atoms with Gasteiger partial charge in [0.05, 0.1) is 0 Å². The molecule has 1 aromatic carbocycles. The number of nitrogens with one attached hydrogen (secondary N) is 1. The van der Waals surface area contributed by atoms with E-state index in [4.69, 9.17) is 5.73 Å². The first kappa shape index (κ1) is 15.7. The van der Waals surface area contributed by atoms with Crippen LogP contribution in [0.1, 0.15) is 19.8 Å². The molecule has 1 aliphatic rings. The number of halogens is 1. The molecule has 0 saturated carbocycles. The van der Waals surface area contributed by atoms with Crippen LogP contribution in [0.25, 0.3) is 0 Å². The fraction of sp³-hybridized carbons (Fsp3) is 0.462. The minimum absolute atomic E-state index is 0.0136. The predicted molar refractivity (Wildman–Crippen MR) is 76.4 cm³/mol. The largest absolute Gasteiger partial charge is 0.399 e. The fourth-order valence-corrected chi connectivity index (χ4v) is 3.62. The van der Waals surface area contributed by atoms with Crippen LogP contribution < -0.4 is 10.5 Å². The summed E-state index contributed by atoms with van der Waals surface area (Å²) in [4.78, 5) is 12.7. The Morgan fingerprint density at radius 1 is 1.48 bits per heavy atom. The van der Waals surface area contributed by atoms with Gasteiger partial charge in [-0.1, -0.05) is 0 Å². The summed E-state index contributed by atoms with van der Waals surface area (Å²) in [6.45, 7) is 2.54. The van der Waals surface area contributed by atoms with Crippen molar-refractivity contribution in [3.05, 3.63) is 24.0 Å². The van der Waals surface area contributed by atoms with Crippen molar-refractivity contribution < 1.29 is 17.6 Å². The van der Waals surface area contributed by atoms with E-state index in [-0.39, 0.29) is 18.1 Å². The lowest BCUT2D eigenvalue weighted by Crippen LogP contribution is -2.42. The minimum Gasteiger partial charge on any atom is -0.399 e. The number of carbonyl (C=O) groups is 1. The fourth-order valence-electron chi connectivity index (χ4n) is 2.33. The number of nitrogen functional groups attached to an aromatic ring is 1. The van der Waals surface area contributed by atoms with Crippen LogP contribution >= 0.6 is 0 Å². The van der Waals surface area contributed by atoms with Crippen molar-refractivity contribution in [2.75, 3.05) is 18.8 Å². The number of hydrogen-bond donors (Lipinski definition) is 2. The third kappa shape index (κ3) is 3.70. The molecule has 0 bridgehead atoms. The van der Waals surface area contributed by atoms with Crippen molar-refractivity contribution in [3.8, 4) is 0 Å². The van der Waals surface area contributed by atoms with E-state index in [1.807, 2.05) is 0 Å². The number of carbonyl (C=O) groups excluding carboxylic acids is 1. The molecule has 0 aliphatic carbocycles. The molecule has 1 amide bonds. The molecule has 2 rings (SSSR count). The van der Waals surface area contributed by atoms with Gasteiger partial charge in [-0.25, -0.2) is 17.5 Å². The minimum atomic E-state index is -3.98. The maximum Gasteiger partial charge on any atom is 0.243 e. The van der Waals surface area contributed by atoms with Gasteiger partial charge < -0.3 is 10.6 Å². The molecule has 0 aromatic heterocycles. The summed E-state index contributed by atoms with van der Waals surface area (Å²) in [5.74, 6) is -0.883. The third-order valence-electron chi connectivity index (χ3n) is 3.27. The molecular weight excluding hydrogens is 297 g/mol. The lowest BCUT2D eigenvalue weighted by Gasteiger charge is -2.21. The molecule has 1 fully saturated rings. The second-order valence-corrected chi connectivity index (χ2v) is 6.84. The van der Waals surface area contributed by atoms with Crippen molar-refractivity contribution in [2.24, 2.45) is 0 Å². The van der Waals surface area contributed by atoms with E-state index >= 15 is 0 Å². The highest BCUT2D eigenvalue weighted by Crippen LogP contribution is 2.18. The highest BCUT2D eigenvalue weighted by molar-refractivity contribution is 7.89. The van der Waals surface area contributed by atoms with Crippen molar-refractivity contribution >= 4 is 21.6 Å². The first-order valence-electron chi connectivity index (χ1n) is 6.65. The summed E-state index contributed by atoms with van der Waals surface area (Å²) in [5.41, 5.74) is 5.55. The van der Waals surface area contributed by atoms with Crippen LogP contribution in [0.4, 0.5) is 10.1 Å². The molecule has 1 saturated heterocycles. The number of nitrogens with two attached hydrogens (primary N) is 1. The van der Waals surface area contributed by atoms with Gasteiger partial charge in [-0.3, -0.25) is 4.79 Å². The van der Waals surface area contributed by atoms with Crippen molar-refractivity contribution in [1.29, 1.82) is 0 Å². The van der Waals surface area contributed by atoms with Crippen LogP contribution in [0.3, 0.4) is 0 Å². The maximum absolute atomic E-state index is 13.7. The highest BCUT2D eigenvalue weighted by Gasteiger charge is 2.26. The zero-order chi connectivity index (χ0) is 15.6. The van der Waals surface area contributed by atoms with Crippen LogP contribution in [0.5, 0.6) is 0 Å². The van der Waals surface area contributed by atoms with E-state index in [1.165, 1.54) is 6.07 Å². The van der Waals surface area contributed by atoms with Gasteiger partial charge in [0.2, 0.25) is 15.9 Å². The molecule has 0 spiro atoms. The number of hydrogen-bond acceptors (Lipinski definition) is 4. The Labute approximate surface area is 123 Å². The van der Waals surface area contributed by atoms with Crippen molar-refractivity contribution in [3.63, 3.8) is 0 Å². The number of sulfonamides is 1. The molecule has 0 radical (unpaired) electrons. The third-order valence-corrected chi connectivity index (χ3v) is 4.89. The van der Waals surface area contributed by atoms with Crippen LogP contribution in [0.15, 0.2) is 23.1 Å². The maximum atomic E-state index is 13.7. The van der Waals surface area contributed by atoms with Gasteiger partial charge in [0.15, 0.2) is 0 Å².